The van der Waals surface area contributed by atoms with Gasteiger partial charge in [-0.25, -0.2) is 0 Å². The lowest BCUT2D eigenvalue weighted by molar-refractivity contribution is -0.384. The lowest BCUT2D eigenvalue weighted by atomic mass is 10.1. The summed E-state index contributed by atoms with van der Waals surface area (Å²) in [6.45, 7) is 0. The van der Waals surface area contributed by atoms with Gasteiger partial charge in [-0.15, -0.1) is 0 Å². The summed E-state index contributed by atoms with van der Waals surface area (Å²) in [5, 5.41) is 13.8. The van der Waals surface area contributed by atoms with Gasteiger partial charge in [0.25, 0.3) is 11.6 Å². The minimum Gasteiger partial charge on any atom is -0.474 e. The van der Waals surface area contributed by atoms with Crippen molar-refractivity contribution in [3.63, 3.8) is 0 Å². The first-order valence-corrected chi connectivity index (χ1v) is 7.88. The van der Waals surface area contributed by atoms with E-state index in [9.17, 15) is 14.9 Å². The topological polar surface area (TPSA) is 81.5 Å². The summed E-state index contributed by atoms with van der Waals surface area (Å²) >= 11 is 6.07. The highest BCUT2D eigenvalue weighted by atomic mass is 35.5. The van der Waals surface area contributed by atoms with E-state index in [2.05, 4.69) is 5.32 Å². The number of benzene rings is 2. The standard InChI is InChI=1S/C17H15ClN2O4/c18-14-10-13(20(22)23)8-9-15(14)24-16(11-4-2-1-3-5-11)17(21)19-12-6-7-12/h1-5,8-10,12,16H,6-7H2,(H,19,21). The van der Waals surface area contributed by atoms with Crippen LogP contribution in [-0.2, 0) is 4.79 Å². The summed E-state index contributed by atoms with van der Waals surface area (Å²) in [4.78, 5) is 22.7. The highest BCUT2D eigenvalue weighted by Gasteiger charge is 2.30. The van der Waals surface area contributed by atoms with Crippen molar-refractivity contribution in [3.05, 3.63) is 69.2 Å². The number of hydrogen-bond donors (Lipinski definition) is 1. The van der Waals surface area contributed by atoms with Gasteiger partial charge in [-0.2, -0.15) is 0 Å². The number of amides is 1. The van der Waals surface area contributed by atoms with Crippen LogP contribution in [0.1, 0.15) is 24.5 Å². The number of nitrogens with zero attached hydrogens (tertiary/aromatic N) is 1. The zero-order chi connectivity index (χ0) is 17.1. The van der Waals surface area contributed by atoms with E-state index in [0.29, 0.717) is 5.56 Å². The van der Waals surface area contributed by atoms with Gasteiger partial charge in [-0.05, 0) is 18.9 Å². The first kappa shape index (κ1) is 16.3. The molecule has 1 N–H and O–H groups in total. The Morgan fingerprint density at radius 1 is 1.25 bits per heavy atom. The van der Waals surface area contributed by atoms with Gasteiger partial charge in [0.15, 0.2) is 0 Å². The van der Waals surface area contributed by atoms with Crippen molar-refractivity contribution in [2.45, 2.75) is 25.0 Å². The van der Waals surface area contributed by atoms with Crippen LogP contribution in [0.2, 0.25) is 5.02 Å². The van der Waals surface area contributed by atoms with Gasteiger partial charge in [0, 0.05) is 23.7 Å². The fourth-order valence-electron chi connectivity index (χ4n) is 2.23. The van der Waals surface area contributed by atoms with Crippen LogP contribution >= 0.6 is 11.6 Å². The molecular formula is C17H15ClN2O4. The lowest BCUT2D eigenvalue weighted by Crippen LogP contribution is -2.33. The minimum absolute atomic E-state index is 0.0874. The van der Waals surface area contributed by atoms with Gasteiger partial charge in [0.1, 0.15) is 5.75 Å². The zero-order valence-corrected chi connectivity index (χ0v) is 13.4. The highest BCUT2D eigenvalue weighted by molar-refractivity contribution is 6.32. The van der Waals surface area contributed by atoms with E-state index in [1.807, 2.05) is 18.2 Å². The van der Waals surface area contributed by atoms with Gasteiger partial charge in [-0.1, -0.05) is 41.9 Å². The molecule has 124 valence electrons. The molecule has 1 aliphatic carbocycles. The first-order chi connectivity index (χ1) is 11.5. The van der Waals surface area contributed by atoms with Crippen molar-refractivity contribution in [3.8, 4) is 5.75 Å². The summed E-state index contributed by atoms with van der Waals surface area (Å²) in [6, 6.07) is 13.1. The third-order valence-corrected chi connectivity index (χ3v) is 3.93. The number of nitro groups is 1. The van der Waals surface area contributed by atoms with E-state index in [1.54, 1.807) is 12.1 Å². The number of ether oxygens (including phenoxy) is 1. The molecule has 2 aromatic carbocycles. The molecule has 0 aliphatic heterocycles. The maximum Gasteiger partial charge on any atom is 0.271 e. The lowest BCUT2D eigenvalue weighted by Gasteiger charge is -2.19. The molecule has 2 aromatic rings. The third kappa shape index (κ3) is 3.83. The Morgan fingerprint density at radius 3 is 2.54 bits per heavy atom. The smallest absolute Gasteiger partial charge is 0.271 e. The summed E-state index contributed by atoms with van der Waals surface area (Å²) in [5.41, 5.74) is 0.552. The van der Waals surface area contributed by atoms with E-state index < -0.39 is 11.0 Å². The summed E-state index contributed by atoms with van der Waals surface area (Å²) in [6.07, 6.45) is 1.06. The Balaban J connectivity index is 1.86. The van der Waals surface area contributed by atoms with Crippen molar-refractivity contribution < 1.29 is 14.5 Å². The first-order valence-electron chi connectivity index (χ1n) is 7.50. The Morgan fingerprint density at radius 2 is 1.96 bits per heavy atom. The number of carbonyl (C=O) groups excluding carboxylic acids is 1. The molecular weight excluding hydrogens is 332 g/mol. The van der Waals surface area contributed by atoms with Gasteiger partial charge >= 0.3 is 0 Å². The monoisotopic (exact) mass is 346 g/mol. The predicted molar refractivity (Wildman–Crippen MR) is 89.1 cm³/mol. The van der Waals surface area contributed by atoms with Crippen LogP contribution in [0.3, 0.4) is 0 Å². The third-order valence-electron chi connectivity index (χ3n) is 3.64. The molecule has 1 atom stereocenters. The minimum atomic E-state index is -0.870. The van der Waals surface area contributed by atoms with Gasteiger partial charge in [0.05, 0.1) is 9.95 Å². The SMILES string of the molecule is O=C(NC1CC1)C(Oc1ccc([N+](=O)[O-])cc1Cl)c1ccccc1. The van der Waals surface area contributed by atoms with E-state index in [-0.39, 0.29) is 28.4 Å². The van der Waals surface area contributed by atoms with Crippen LogP contribution in [0.25, 0.3) is 0 Å². The molecule has 0 bridgehead atoms. The quantitative estimate of drug-likeness (QED) is 0.639. The maximum absolute atomic E-state index is 12.5. The molecule has 0 radical (unpaired) electrons. The molecule has 7 heteroatoms. The van der Waals surface area contributed by atoms with Crippen LogP contribution in [0.5, 0.6) is 5.75 Å². The number of nitrogens with one attached hydrogen (secondary N) is 1. The van der Waals surface area contributed by atoms with Crippen LogP contribution in [0.4, 0.5) is 5.69 Å². The largest absolute Gasteiger partial charge is 0.474 e. The highest BCUT2D eigenvalue weighted by Crippen LogP contribution is 2.32. The molecule has 0 aromatic heterocycles. The predicted octanol–water partition coefficient (Wildman–Crippen LogP) is 3.65. The summed E-state index contributed by atoms with van der Waals surface area (Å²) in [5.74, 6) is -0.0276. The summed E-state index contributed by atoms with van der Waals surface area (Å²) in [7, 11) is 0. The second-order valence-electron chi connectivity index (χ2n) is 5.56. The maximum atomic E-state index is 12.5. The van der Waals surface area contributed by atoms with Crippen molar-refractivity contribution in [1.82, 2.24) is 5.32 Å². The van der Waals surface area contributed by atoms with E-state index >= 15 is 0 Å². The van der Waals surface area contributed by atoms with Gasteiger partial charge in [-0.3, -0.25) is 14.9 Å². The Labute approximate surface area is 143 Å². The van der Waals surface area contributed by atoms with Gasteiger partial charge < -0.3 is 10.1 Å². The number of rotatable bonds is 6. The Kier molecular flexibility index (Phi) is 4.66. The van der Waals surface area contributed by atoms with Crippen LogP contribution < -0.4 is 10.1 Å². The number of carbonyl (C=O) groups is 1. The molecule has 1 amide bonds. The Bertz CT molecular complexity index is 762. The molecule has 1 fully saturated rings. The van der Waals surface area contributed by atoms with Crippen molar-refractivity contribution in [2.75, 3.05) is 0 Å². The number of nitro benzene ring substituents is 1. The molecule has 0 saturated heterocycles. The molecule has 0 spiro atoms. The molecule has 6 nitrogen and oxygen atoms in total. The molecule has 0 heterocycles. The summed E-state index contributed by atoms with van der Waals surface area (Å²) < 4.78 is 5.79. The molecule has 3 rings (SSSR count). The Hall–Kier alpha value is -2.60. The average molecular weight is 347 g/mol. The number of hydrogen-bond acceptors (Lipinski definition) is 4. The van der Waals surface area contributed by atoms with Crippen molar-refractivity contribution >= 4 is 23.2 Å². The second kappa shape index (κ2) is 6.88. The van der Waals surface area contributed by atoms with Crippen LogP contribution in [0, 0.1) is 10.1 Å². The molecule has 1 aliphatic rings. The number of non-ortho nitro benzene ring substituents is 1. The van der Waals surface area contributed by atoms with E-state index in [0.717, 1.165) is 12.8 Å². The zero-order valence-electron chi connectivity index (χ0n) is 12.6. The average Bonchev–Trinajstić information content (AvgIpc) is 3.38. The molecule has 1 saturated carbocycles. The van der Waals surface area contributed by atoms with Crippen LogP contribution in [-0.4, -0.2) is 16.9 Å². The number of halogens is 1. The second-order valence-corrected chi connectivity index (χ2v) is 5.97. The van der Waals surface area contributed by atoms with E-state index in [1.165, 1.54) is 18.2 Å². The van der Waals surface area contributed by atoms with Crippen molar-refractivity contribution in [1.29, 1.82) is 0 Å². The fraction of sp³-hybridized carbons (Fsp3) is 0.235. The molecule has 24 heavy (non-hydrogen) atoms. The van der Waals surface area contributed by atoms with Gasteiger partial charge in [0.2, 0.25) is 6.10 Å². The fourth-order valence-corrected chi connectivity index (χ4v) is 2.45. The van der Waals surface area contributed by atoms with E-state index in [4.69, 9.17) is 16.3 Å². The molecule has 1 unspecified atom stereocenters. The van der Waals surface area contributed by atoms with Crippen molar-refractivity contribution in [2.24, 2.45) is 0 Å². The van der Waals surface area contributed by atoms with Crippen LogP contribution in [0.15, 0.2) is 48.5 Å². The normalized spacial score (nSPS) is 14.7.